The van der Waals surface area contributed by atoms with E-state index in [0.29, 0.717) is 17.2 Å². The summed E-state index contributed by atoms with van der Waals surface area (Å²) in [7, 11) is 0. The summed E-state index contributed by atoms with van der Waals surface area (Å²) in [5.74, 6) is 0.685. The van der Waals surface area contributed by atoms with Gasteiger partial charge in [-0.05, 0) is 49.6 Å². The van der Waals surface area contributed by atoms with Crippen LogP contribution in [0.15, 0.2) is 72.8 Å². The highest BCUT2D eigenvalue weighted by Crippen LogP contribution is 2.39. The SMILES string of the molecule is CC1=[N+](Cc2ccc(C(=O)Oc3ccc(C(C)C)cc3)cc2)c2ccccc2C1(C)C. The van der Waals surface area contributed by atoms with Crippen molar-refractivity contribution in [1.29, 1.82) is 0 Å². The largest absolute Gasteiger partial charge is 0.423 e. The number of fused-ring (bicyclic) bond motifs is 1. The van der Waals surface area contributed by atoms with E-state index in [1.807, 2.05) is 48.5 Å². The fourth-order valence-electron chi connectivity index (χ4n) is 4.17. The lowest BCUT2D eigenvalue weighted by Gasteiger charge is -2.14. The number of nitrogens with zero attached hydrogens (tertiary/aromatic N) is 1. The van der Waals surface area contributed by atoms with Crippen LogP contribution in [0.1, 0.15) is 67.6 Å². The molecular formula is C28H30NO2+. The molecule has 0 aliphatic carbocycles. The van der Waals surface area contributed by atoms with Crippen molar-refractivity contribution in [3.63, 3.8) is 0 Å². The number of benzene rings is 3. The first kappa shape index (κ1) is 21.0. The Morgan fingerprint density at radius 1 is 0.935 bits per heavy atom. The van der Waals surface area contributed by atoms with Crippen LogP contribution in [-0.4, -0.2) is 16.3 Å². The summed E-state index contributed by atoms with van der Waals surface area (Å²) >= 11 is 0. The van der Waals surface area contributed by atoms with Gasteiger partial charge in [-0.2, -0.15) is 4.58 Å². The van der Waals surface area contributed by atoms with Gasteiger partial charge in [0.05, 0.1) is 11.0 Å². The van der Waals surface area contributed by atoms with Crippen LogP contribution >= 0.6 is 0 Å². The van der Waals surface area contributed by atoms with Gasteiger partial charge in [0.25, 0.3) is 0 Å². The Balaban J connectivity index is 1.49. The molecule has 0 saturated carbocycles. The van der Waals surface area contributed by atoms with Crippen LogP contribution in [0.5, 0.6) is 5.75 Å². The minimum Gasteiger partial charge on any atom is -0.423 e. The third-order valence-corrected chi connectivity index (χ3v) is 6.47. The molecule has 0 fully saturated rings. The lowest BCUT2D eigenvalue weighted by atomic mass is 9.82. The van der Waals surface area contributed by atoms with Crippen LogP contribution in [0, 0.1) is 0 Å². The summed E-state index contributed by atoms with van der Waals surface area (Å²) in [6.45, 7) is 11.8. The average Bonchev–Trinajstić information content (AvgIpc) is 2.95. The van der Waals surface area contributed by atoms with E-state index in [-0.39, 0.29) is 11.4 Å². The van der Waals surface area contributed by atoms with Gasteiger partial charge in [0.1, 0.15) is 5.75 Å². The zero-order valence-electron chi connectivity index (χ0n) is 19.0. The molecule has 3 aromatic rings. The number of hydrogen-bond donors (Lipinski definition) is 0. The predicted molar refractivity (Wildman–Crippen MR) is 126 cm³/mol. The fourth-order valence-corrected chi connectivity index (χ4v) is 4.17. The maximum Gasteiger partial charge on any atom is 0.343 e. The molecule has 0 atom stereocenters. The Kier molecular flexibility index (Phi) is 5.53. The van der Waals surface area contributed by atoms with E-state index in [0.717, 1.165) is 12.1 Å². The van der Waals surface area contributed by atoms with Gasteiger partial charge < -0.3 is 4.74 Å². The standard InChI is InChI=1S/C28H30NO2/c1-19(2)22-14-16-24(17-15-22)31-27(30)23-12-10-21(11-13-23)18-29-20(3)28(4,5)25-8-6-7-9-26(25)29/h6-17,19H,18H2,1-5H3/q+1. The van der Waals surface area contributed by atoms with Crippen LogP contribution < -0.4 is 4.74 Å². The molecular weight excluding hydrogens is 382 g/mol. The summed E-state index contributed by atoms with van der Waals surface area (Å²) in [5.41, 5.74) is 6.91. The van der Waals surface area contributed by atoms with Gasteiger partial charge in [0, 0.05) is 24.1 Å². The first-order valence-electron chi connectivity index (χ1n) is 10.9. The van der Waals surface area contributed by atoms with Crippen molar-refractivity contribution in [1.82, 2.24) is 0 Å². The van der Waals surface area contributed by atoms with Crippen LogP contribution in [0.4, 0.5) is 5.69 Å². The number of carbonyl (C=O) groups is 1. The summed E-state index contributed by atoms with van der Waals surface area (Å²) in [6.07, 6.45) is 0. The number of ether oxygens (including phenoxy) is 1. The van der Waals surface area contributed by atoms with Crippen LogP contribution in [0.3, 0.4) is 0 Å². The molecule has 1 heterocycles. The Labute approximate surface area is 185 Å². The summed E-state index contributed by atoms with van der Waals surface area (Å²) in [4.78, 5) is 12.6. The first-order valence-corrected chi connectivity index (χ1v) is 10.9. The molecule has 4 rings (SSSR count). The van der Waals surface area contributed by atoms with Crippen molar-refractivity contribution >= 4 is 17.4 Å². The molecule has 0 saturated heterocycles. The van der Waals surface area contributed by atoms with Gasteiger partial charge in [-0.3, -0.25) is 0 Å². The monoisotopic (exact) mass is 412 g/mol. The molecule has 3 heteroatoms. The molecule has 0 aromatic heterocycles. The van der Waals surface area contributed by atoms with E-state index in [9.17, 15) is 4.79 Å². The van der Waals surface area contributed by atoms with E-state index in [1.54, 1.807) is 0 Å². The molecule has 0 bridgehead atoms. The Bertz CT molecular complexity index is 1140. The third-order valence-electron chi connectivity index (χ3n) is 6.47. The normalized spacial score (nSPS) is 14.6. The number of esters is 1. The molecule has 0 N–H and O–H groups in total. The van der Waals surface area contributed by atoms with Crippen molar-refractivity contribution in [3.8, 4) is 5.75 Å². The number of carbonyl (C=O) groups excluding carboxylic acids is 1. The van der Waals surface area contributed by atoms with Crippen molar-refractivity contribution in [2.75, 3.05) is 0 Å². The second kappa shape index (κ2) is 8.14. The van der Waals surface area contributed by atoms with Crippen molar-refractivity contribution < 1.29 is 14.1 Å². The lowest BCUT2D eigenvalue weighted by molar-refractivity contribution is -0.456. The second-order valence-electron chi connectivity index (χ2n) is 9.12. The second-order valence-corrected chi connectivity index (χ2v) is 9.12. The van der Waals surface area contributed by atoms with Gasteiger partial charge >= 0.3 is 5.97 Å². The molecule has 0 spiro atoms. The minimum absolute atomic E-state index is 0.0193. The maximum absolute atomic E-state index is 12.6. The number of rotatable bonds is 5. The Morgan fingerprint density at radius 2 is 1.58 bits per heavy atom. The minimum atomic E-state index is -0.334. The van der Waals surface area contributed by atoms with E-state index in [4.69, 9.17) is 4.74 Å². The molecule has 0 unspecified atom stereocenters. The summed E-state index contributed by atoms with van der Waals surface area (Å²) < 4.78 is 7.92. The van der Waals surface area contributed by atoms with E-state index < -0.39 is 0 Å². The predicted octanol–water partition coefficient (Wildman–Crippen LogP) is 6.63. The fraction of sp³-hybridized carbons (Fsp3) is 0.286. The summed E-state index contributed by atoms with van der Waals surface area (Å²) in [6, 6.07) is 24.0. The Hall–Kier alpha value is -3.20. The molecule has 3 nitrogen and oxygen atoms in total. The topological polar surface area (TPSA) is 29.3 Å². The summed E-state index contributed by atoms with van der Waals surface area (Å²) in [5, 5.41) is 0. The van der Waals surface area contributed by atoms with Gasteiger partial charge in [-0.15, -0.1) is 0 Å². The quantitative estimate of drug-likeness (QED) is 0.267. The smallest absolute Gasteiger partial charge is 0.343 e. The van der Waals surface area contributed by atoms with Crippen molar-refractivity contribution in [3.05, 3.63) is 95.1 Å². The highest BCUT2D eigenvalue weighted by atomic mass is 16.5. The molecule has 0 radical (unpaired) electrons. The molecule has 1 aliphatic heterocycles. The van der Waals surface area contributed by atoms with E-state index in [1.165, 1.54) is 22.5 Å². The first-order chi connectivity index (χ1) is 14.8. The highest BCUT2D eigenvalue weighted by molar-refractivity contribution is 5.93. The molecule has 0 amide bonds. The zero-order chi connectivity index (χ0) is 22.2. The van der Waals surface area contributed by atoms with Crippen molar-refractivity contribution in [2.24, 2.45) is 0 Å². The van der Waals surface area contributed by atoms with Crippen LogP contribution in [0.2, 0.25) is 0 Å². The molecule has 1 aliphatic rings. The lowest BCUT2D eigenvalue weighted by Crippen LogP contribution is -2.26. The molecule has 3 aromatic carbocycles. The van der Waals surface area contributed by atoms with Gasteiger partial charge in [-0.25, -0.2) is 4.79 Å². The zero-order valence-corrected chi connectivity index (χ0v) is 19.0. The Morgan fingerprint density at radius 3 is 2.23 bits per heavy atom. The van der Waals surface area contributed by atoms with Gasteiger partial charge in [0.2, 0.25) is 5.69 Å². The molecule has 158 valence electrons. The third kappa shape index (κ3) is 4.05. The van der Waals surface area contributed by atoms with Gasteiger partial charge in [0.15, 0.2) is 12.3 Å². The molecule has 31 heavy (non-hydrogen) atoms. The number of para-hydroxylation sites is 1. The van der Waals surface area contributed by atoms with E-state index >= 15 is 0 Å². The average molecular weight is 413 g/mol. The highest BCUT2D eigenvalue weighted by Gasteiger charge is 2.42. The van der Waals surface area contributed by atoms with Crippen molar-refractivity contribution in [2.45, 2.75) is 52.5 Å². The maximum atomic E-state index is 12.6. The van der Waals surface area contributed by atoms with E-state index in [2.05, 4.69) is 63.5 Å². The van der Waals surface area contributed by atoms with Crippen LogP contribution in [0.25, 0.3) is 0 Å². The number of hydrogen-bond acceptors (Lipinski definition) is 2. The van der Waals surface area contributed by atoms with Gasteiger partial charge in [-0.1, -0.05) is 56.3 Å². The van der Waals surface area contributed by atoms with Crippen LogP contribution in [-0.2, 0) is 12.0 Å².